The first-order chi connectivity index (χ1) is 8.26. The Labute approximate surface area is 111 Å². The molecule has 0 rings (SSSR count). The molecule has 0 heterocycles. The van der Waals surface area contributed by atoms with E-state index in [0.717, 1.165) is 24.8 Å². The molecule has 0 aromatic rings. The number of ether oxygens (including phenoxy) is 1. The average molecular weight is 254 g/mol. The monoisotopic (exact) mass is 254 g/mol. The van der Waals surface area contributed by atoms with Crippen LogP contribution >= 0.6 is 0 Å². The number of carboxylic acid groups (broad SMARTS) is 1. The van der Waals surface area contributed by atoms with Crippen molar-refractivity contribution in [2.75, 3.05) is 7.11 Å². The second kappa shape index (κ2) is 8.09. The maximum absolute atomic E-state index is 10.4. The molecule has 3 heteroatoms. The van der Waals surface area contributed by atoms with Crippen LogP contribution in [0.5, 0.6) is 0 Å². The summed E-state index contributed by atoms with van der Waals surface area (Å²) in [5, 5.41) is 8.57. The van der Waals surface area contributed by atoms with Gasteiger partial charge in [0, 0.05) is 13.2 Å². The van der Waals surface area contributed by atoms with E-state index in [1.807, 2.05) is 12.2 Å². The van der Waals surface area contributed by atoms with E-state index < -0.39 is 5.97 Å². The summed E-state index contributed by atoms with van der Waals surface area (Å²) in [5.41, 5.74) is 0.712. The highest BCUT2D eigenvalue weighted by Crippen LogP contribution is 2.21. The highest BCUT2D eigenvalue weighted by atomic mass is 16.5. The minimum Gasteiger partial charge on any atom is -0.478 e. The molecule has 3 nitrogen and oxygen atoms in total. The molecule has 0 fully saturated rings. The van der Waals surface area contributed by atoms with Gasteiger partial charge < -0.3 is 9.84 Å². The van der Waals surface area contributed by atoms with Gasteiger partial charge >= 0.3 is 5.97 Å². The van der Waals surface area contributed by atoms with Crippen LogP contribution in [0.1, 0.15) is 47.0 Å². The number of hydrogen-bond acceptors (Lipinski definition) is 2. The van der Waals surface area contributed by atoms with E-state index in [-0.39, 0.29) is 5.60 Å². The predicted molar refractivity (Wildman–Crippen MR) is 74.6 cm³/mol. The molecule has 0 amide bonds. The molecular weight excluding hydrogens is 228 g/mol. The third-order valence-corrected chi connectivity index (χ3v) is 3.06. The maximum atomic E-state index is 10.4. The zero-order valence-electron chi connectivity index (χ0n) is 12.2. The summed E-state index contributed by atoms with van der Waals surface area (Å²) in [7, 11) is 1.74. The second-order valence-electron chi connectivity index (χ2n) is 5.47. The van der Waals surface area contributed by atoms with Crippen LogP contribution in [0.25, 0.3) is 0 Å². The van der Waals surface area contributed by atoms with Gasteiger partial charge in [0.25, 0.3) is 0 Å². The Balaban J connectivity index is 4.01. The molecule has 0 saturated heterocycles. The Morgan fingerprint density at radius 1 is 1.44 bits per heavy atom. The van der Waals surface area contributed by atoms with Crippen LogP contribution in [0.2, 0.25) is 0 Å². The van der Waals surface area contributed by atoms with Crippen LogP contribution < -0.4 is 0 Å². The Kier molecular flexibility index (Phi) is 7.60. The number of allylic oxidation sites excluding steroid dienone is 3. The van der Waals surface area contributed by atoms with E-state index in [1.165, 1.54) is 6.08 Å². The van der Waals surface area contributed by atoms with Crippen LogP contribution in [0.3, 0.4) is 0 Å². The van der Waals surface area contributed by atoms with Crippen molar-refractivity contribution in [3.8, 4) is 0 Å². The summed E-state index contributed by atoms with van der Waals surface area (Å²) >= 11 is 0. The van der Waals surface area contributed by atoms with E-state index >= 15 is 0 Å². The van der Waals surface area contributed by atoms with Crippen LogP contribution in [0.15, 0.2) is 23.8 Å². The standard InChI is InChI=1S/C15H26O3/c1-12(9-10-15(3,4)18-5)7-6-8-13(2)11-14(16)17/h6,8,11-12H,7,9-10H2,1-5H3,(H,16,17). The van der Waals surface area contributed by atoms with Gasteiger partial charge in [0.2, 0.25) is 0 Å². The van der Waals surface area contributed by atoms with Crippen LogP contribution in [0, 0.1) is 5.92 Å². The van der Waals surface area contributed by atoms with Crippen molar-refractivity contribution in [2.24, 2.45) is 5.92 Å². The molecule has 0 spiro atoms. The third kappa shape index (κ3) is 8.99. The first-order valence-electron chi connectivity index (χ1n) is 6.40. The summed E-state index contributed by atoms with van der Waals surface area (Å²) < 4.78 is 5.38. The van der Waals surface area contributed by atoms with E-state index in [1.54, 1.807) is 14.0 Å². The molecule has 0 saturated carbocycles. The fraction of sp³-hybridized carbons (Fsp3) is 0.667. The molecule has 0 aliphatic carbocycles. The number of hydrogen-bond donors (Lipinski definition) is 1. The van der Waals surface area contributed by atoms with Gasteiger partial charge in [0.05, 0.1) is 5.60 Å². The fourth-order valence-electron chi connectivity index (χ4n) is 1.54. The van der Waals surface area contributed by atoms with E-state index in [2.05, 4.69) is 20.8 Å². The normalized spacial score (nSPS) is 15.1. The average Bonchev–Trinajstić information content (AvgIpc) is 2.25. The third-order valence-electron chi connectivity index (χ3n) is 3.06. The molecule has 104 valence electrons. The van der Waals surface area contributed by atoms with Crippen LogP contribution in [0.4, 0.5) is 0 Å². The summed E-state index contributed by atoms with van der Waals surface area (Å²) in [6.07, 6.45) is 8.22. The highest BCUT2D eigenvalue weighted by molar-refractivity contribution is 5.81. The van der Waals surface area contributed by atoms with Crippen LogP contribution in [-0.2, 0) is 9.53 Å². The van der Waals surface area contributed by atoms with E-state index in [4.69, 9.17) is 9.84 Å². The lowest BCUT2D eigenvalue weighted by atomic mass is 9.94. The Morgan fingerprint density at radius 3 is 2.56 bits per heavy atom. The summed E-state index contributed by atoms with van der Waals surface area (Å²) in [6, 6.07) is 0. The smallest absolute Gasteiger partial charge is 0.328 e. The Bertz CT molecular complexity index is 314. The number of methoxy groups -OCH3 is 1. The molecule has 1 N–H and O–H groups in total. The van der Waals surface area contributed by atoms with Crippen molar-refractivity contribution in [2.45, 2.75) is 52.6 Å². The van der Waals surface area contributed by atoms with Crippen molar-refractivity contribution >= 4 is 5.97 Å². The SMILES string of the molecule is COC(C)(C)CCC(C)CC=CC(C)=CC(=O)O. The molecule has 1 unspecified atom stereocenters. The highest BCUT2D eigenvalue weighted by Gasteiger charge is 2.16. The minimum atomic E-state index is -0.896. The van der Waals surface area contributed by atoms with Gasteiger partial charge in [0.15, 0.2) is 0 Å². The summed E-state index contributed by atoms with van der Waals surface area (Å²) in [6.45, 7) is 8.18. The molecule has 18 heavy (non-hydrogen) atoms. The lowest BCUT2D eigenvalue weighted by molar-refractivity contribution is -0.131. The predicted octanol–water partition coefficient (Wildman–Crippen LogP) is 3.80. The fourth-order valence-corrected chi connectivity index (χ4v) is 1.54. The number of carboxylic acids is 1. The van der Waals surface area contributed by atoms with Crippen molar-refractivity contribution in [3.63, 3.8) is 0 Å². The summed E-state index contributed by atoms with van der Waals surface area (Å²) in [5.74, 6) is -0.319. The first kappa shape index (κ1) is 16.9. The quantitative estimate of drug-likeness (QED) is 0.529. The van der Waals surface area contributed by atoms with Crippen molar-refractivity contribution in [1.82, 2.24) is 0 Å². The molecule has 0 bridgehead atoms. The van der Waals surface area contributed by atoms with Gasteiger partial charge in [-0.15, -0.1) is 0 Å². The Morgan fingerprint density at radius 2 is 2.06 bits per heavy atom. The summed E-state index contributed by atoms with van der Waals surface area (Å²) in [4.78, 5) is 10.4. The van der Waals surface area contributed by atoms with Crippen molar-refractivity contribution in [3.05, 3.63) is 23.8 Å². The number of aliphatic carboxylic acids is 1. The van der Waals surface area contributed by atoms with E-state index in [0.29, 0.717) is 5.92 Å². The van der Waals surface area contributed by atoms with Gasteiger partial charge in [-0.05, 0) is 51.5 Å². The second-order valence-corrected chi connectivity index (χ2v) is 5.47. The molecule has 0 radical (unpaired) electrons. The van der Waals surface area contributed by atoms with Crippen LogP contribution in [-0.4, -0.2) is 23.8 Å². The first-order valence-corrected chi connectivity index (χ1v) is 6.40. The van der Waals surface area contributed by atoms with Gasteiger partial charge in [0.1, 0.15) is 0 Å². The van der Waals surface area contributed by atoms with Gasteiger partial charge in [-0.2, -0.15) is 0 Å². The molecular formula is C15H26O3. The largest absolute Gasteiger partial charge is 0.478 e. The molecule has 0 aliphatic heterocycles. The van der Waals surface area contributed by atoms with Gasteiger partial charge in [-0.3, -0.25) is 0 Å². The van der Waals surface area contributed by atoms with Gasteiger partial charge in [-0.1, -0.05) is 19.1 Å². The van der Waals surface area contributed by atoms with Crippen molar-refractivity contribution in [1.29, 1.82) is 0 Å². The zero-order chi connectivity index (χ0) is 14.2. The molecule has 0 aromatic heterocycles. The minimum absolute atomic E-state index is 0.0584. The molecule has 0 aromatic carbocycles. The Hall–Kier alpha value is -1.09. The molecule has 1 atom stereocenters. The topological polar surface area (TPSA) is 46.5 Å². The van der Waals surface area contributed by atoms with E-state index in [9.17, 15) is 4.79 Å². The van der Waals surface area contributed by atoms with Gasteiger partial charge in [-0.25, -0.2) is 4.79 Å². The lowest BCUT2D eigenvalue weighted by Crippen LogP contribution is -2.22. The number of carbonyl (C=O) groups is 1. The van der Waals surface area contributed by atoms with Crippen molar-refractivity contribution < 1.29 is 14.6 Å². The lowest BCUT2D eigenvalue weighted by Gasteiger charge is -2.24. The maximum Gasteiger partial charge on any atom is 0.328 e. The molecule has 0 aliphatic rings. The zero-order valence-corrected chi connectivity index (χ0v) is 12.2. The number of rotatable bonds is 8.